The van der Waals surface area contributed by atoms with E-state index in [0.29, 0.717) is 42.8 Å². The Balaban J connectivity index is 1.57. The number of aryl methyl sites for hydroxylation is 1. The maximum absolute atomic E-state index is 13.1. The highest BCUT2D eigenvalue weighted by atomic mass is 19.1. The Hall–Kier alpha value is -3.49. The molecule has 1 aromatic heterocycles. The van der Waals surface area contributed by atoms with Crippen LogP contribution in [0.5, 0.6) is 0 Å². The highest BCUT2D eigenvalue weighted by molar-refractivity contribution is 6.04. The molecule has 1 aliphatic rings. The Morgan fingerprint density at radius 3 is 2.27 bits per heavy atom. The first kappa shape index (κ1) is 24.2. The zero-order chi connectivity index (χ0) is 24.3. The zero-order valence-electron chi connectivity index (χ0n) is 19.1. The number of ketones is 1. The summed E-state index contributed by atoms with van der Waals surface area (Å²) in [6.45, 7) is 5.49. The number of H-pyrrole nitrogens is 1. The molecule has 176 valence electrons. The number of halogens is 1. The fraction of sp³-hybridized carbons (Fsp3) is 0.417. The molecular weight excluding hydrogens is 431 g/mol. The van der Waals surface area contributed by atoms with Crippen LogP contribution in [0.15, 0.2) is 24.3 Å². The van der Waals surface area contributed by atoms with Gasteiger partial charge < -0.3 is 19.4 Å². The molecule has 0 bridgehead atoms. The molecule has 33 heavy (non-hydrogen) atoms. The number of hydrogen-bond donors (Lipinski definition) is 1. The van der Waals surface area contributed by atoms with Crippen molar-refractivity contribution < 1.29 is 33.0 Å². The van der Waals surface area contributed by atoms with Crippen LogP contribution >= 0.6 is 0 Å². The fourth-order valence-electron chi connectivity index (χ4n) is 4.03. The molecule has 2 aromatic rings. The minimum Gasteiger partial charge on any atom is -0.465 e. The van der Waals surface area contributed by atoms with Gasteiger partial charge in [0.1, 0.15) is 5.82 Å². The van der Waals surface area contributed by atoms with Gasteiger partial charge in [0.25, 0.3) is 5.91 Å². The molecule has 1 N–H and O–H groups in total. The standard InChI is InChI=1S/C24H27FN2O6/c1-13-19(24(31)32-4)14(2)26-20(13)21(28)15(3)33-23(30)17-9-11-27(12-10-17)22(29)16-5-7-18(25)8-6-16/h5-8,15,17,26H,9-12H2,1-4H3/t15-/m0/s1. The first-order chi connectivity index (χ1) is 15.6. The highest BCUT2D eigenvalue weighted by Gasteiger charge is 2.32. The lowest BCUT2D eigenvalue weighted by Crippen LogP contribution is -2.41. The quantitative estimate of drug-likeness (QED) is 0.526. The topological polar surface area (TPSA) is 106 Å². The predicted octanol–water partition coefficient (Wildman–Crippen LogP) is 3.22. The third kappa shape index (κ3) is 5.13. The van der Waals surface area contributed by atoms with Crippen LogP contribution in [-0.4, -0.2) is 59.8 Å². The Morgan fingerprint density at radius 2 is 1.70 bits per heavy atom. The molecule has 2 heterocycles. The normalized spacial score (nSPS) is 15.1. The van der Waals surface area contributed by atoms with Gasteiger partial charge in [0.2, 0.25) is 5.78 Å². The SMILES string of the molecule is COC(=O)c1c(C)[nH]c(C(=O)[C@H](C)OC(=O)C2CCN(C(=O)c3ccc(F)cc3)CC2)c1C. The van der Waals surface area contributed by atoms with E-state index in [9.17, 15) is 23.6 Å². The number of rotatable bonds is 6. The molecule has 0 radical (unpaired) electrons. The van der Waals surface area contributed by atoms with E-state index in [0.717, 1.165) is 0 Å². The van der Waals surface area contributed by atoms with E-state index in [4.69, 9.17) is 9.47 Å². The van der Waals surface area contributed by atoms with Gasteiger partial charge in [-0.2, -0.15) is 0 Å². The molecule has 0 saturated carbocycles. The van der Waals surface area contributed by atoms with Crippen LogP contribution in [-0.2, 0) is 14.3 Å². The number of carbonyl (C=O) groups excluding carboxylic acids is 4. The first-order valence-corrected chi connectivity index (χ1v) is 10.7. The predicted molar refractivity (Wildman–Crippen MR) is 117 cm³/mol. The summed E-state index contributed by atoms with van der Waals surface area (Å²) in [4.78, 5) is 54.5. The maximum atomic E-state index is 13.1. The summed E-state index contributed by atoms with van der Waals surface area (Å²) in [7, 11) is 1.26. The van der Waals surface area contributed by atoms with E-state index in [2.05, 4.69) is 4.98 Å². The van der Waals surface area contributed by atoms with Crippen LogP contribution < -0.4 is 0 Å². The van der Waals surface area contributed by atoms with Crippen LogP contribution in [0, 0.1) is 25.6 Å². The summed E-state index contributed by atoms with van der Waals surface area (Å²) in [5.41, 5.74) is 1.82. The number of methoxy groups -OCH3 is 1. The lowest BCUT2D eigenvalue weighted by molar-refractivity contribution is -0.152. The average molecular weight is 458 g/mol. The minimum absolute atomic E-state index is 0.202. The molecule has 0 aliphatic carbocycles. The van der Waals surface area contributed by atoms with Gasteiger partial charge in [-0.3, -0.25) is 14.4 Å². The van der Waals surface area contributed by atoms with Crippen LogP contribution in [0.4, 0.5) is 4.39 Å². The Kier molecular flexibility index (Phi) is 7.30. The second-order valence-electron chi connectivity index (χ2n) is 8.13. The van der Waals surface area contributed by atoms with Gasteiger partial charge in [-0.15, -0.1) is 0 Å². The average Bonchev–Trinajstić information content (AvgIpc) is 3.11. The van der Waals surface area contributed by atoms with Gasteiger partial charge in [0.15, 0.2) is 6.10 Å². The van der Waals surface area contributed by atoms with Gasteiger partial charge >= 0.3 is 11.9 Å². The number of benzene rings is 1. The molecule has 1 atom stereocenters. The second kappa shape index (κ2) is 9.97. The van der Waals surface area contributed by atoms with Crippen molar-refractivity contribution >= 4 is 23.6 Å². The summed E-state index contributed by atoms with van der Waals surface area (Å²) in [5.74, 6) is -2.56. The van der Waals surface area contributed by atoms with Crippen LogP contribution in [0.25, 0.3) is 0 Å². The molecule has 3 rings (SSSR count). The summed E-state index contributed by atoms with van der Waals surface area (Å²) < 4.78 is 23.2. The summed E-state index contributed by atoms with van der Waals surface area (Å²) in [6, 6.07) is 5.33. The molecule has 0 spiro atoms. The van der Waals surface area contributed by atoms with Gasteiger partial charge in [-0.1, -0.05) is 0 Å². The van der Waals surface area contributed by atoms with E-state index in [1.54, 1.807) is 18.7 Å². The Labute approximate surface area is 191 Å². The number of aromatic nitrogens is 1. The van der Waals surface area contributed by atoms with Gasteiger partial charge in [0.05, 0.1) is 24.3 Å². The number of hydrogen-bond acceptors (Lipinski definition) is 6. The third-order valence-electron chi connectivity index (χ3n) is 5.94. The second-order valence-corrected chi connectivity index (χ2v) is 8.13. The fourth-order valence-corrected chi connectivity index (χ4v) is 4.03. The van der Waals surface area contributed by atoms with Gasteiger partial charge in [-0.25, -0.2) is 9.18 Å². The molecule has 8 nitrogen and oxygen atoms in total. The van der Waals surface area contributed by atoms with Crippen molar-refractivity contribution in [1.29, 1.82) is 0 Å². The molecule has 1 amide bonds. The van der Waals surface area contributed by atoms with Gasteiger partial charge in [-0.05, 0) is 63.4 Å². The number of Topliss-reactive ketones (excluding diaryl/α,β-unsaturated/α-hetero) is 1. The summed E-state index contributed by atoms with van der Waals surface area (Å²) in [6.07, 6.45) is -0.238. The maximum Gasteiger partial charge on any atom is 0.339 e. The number of carbonyl (C=O) groups is 4. The van der Waals surface area contributed by atoms with Crippen LogP contribution in [0.1, 0.15) is 62.2 Å². The Bertz CT molecular complexity index is 1070. The number of ether oxygens (including phenoxy) is 2. The van der Waals surface area contributed by atoms with Crippen molar-refractivity contribution in [1.82, 2.24) is 9.88 Å². The third-order valence-corrected chi connectivity index (χ3v) is 5.94. The highest BCUT2D eigenvalue weighted by Crippen LogP contribution is 2.24. The number of nitrogens with zero attached hydrogens (tertiary/aromatic N) is 1. The zero-order valence-corrected chi connectivity index (χ0v) is 19.1. The summed E-state index contributed by atoms with van der Waals surface area (Å²) in [5, 5.41) is 0. The number of likely N-dealkylation sites (tertiary alicyclic amines) is 1. The number of nitrogens with one attached hydrogen (secondary N) is 1. The van der Waals surface area contributed by atoms with Crippen LogP contribution in [0.3, 0.4) is 0 Å². The largest absolute Gasteiger partial charge is 0.465 e. The lowest BCUT2D eigenvalue weighted by Gasteiger charge is -2.31. The van der Waals surface area contributed by atoms with Crippen molar-refractivity contribution in [3.63, 3.8) is 0 Å². The minimum atomic E-state index is -1.04. The molecule has 0 unspecified atom stereocenters. The number of piperidine rings is 1. The summed E-state index contributed by atoms with van der Waals surface area (Å²) >= 11 is 0. The van der Waals surface area contributed by atoms with Crippen LogP contribution in [0.2, 0.25) is 0 Å². The molecule has 1 aromatic carbocycles. The first-order valence-electron chi connectivity index (χ1n) is 10.7. The molecule has 1 saturated heterocycles. The monoisotopic (exact) mass is 458 g/mol. The van der Waals surface area contributed by atoms with E-state index in [1.807, 2.05) is 0 Å². The van der Waals surface area contributed by atoms with E-state index in [-0.39, 0.29) is 17.2 Å². The molecular formula is C24H27FN2O6. The lowest BCUT2D eigenvalue weighted by atomic mass is 9.96. The Morgan fingerprint density at radius 1 is 1.09 bits per heavy atom. The number of esters is 2. The smallest absolute Gasteiger partial charge is 0.339 e. The molecule has 1 fully saturated rings. The van der Waals surface area contributed by atoms with Crippen molar-refractivity contribution in [3.8, 4) is 0 Å². The van der Waals surface area contributed by atoms with Crippen molar-refractivity contribution in [2.75, 3.05) is 20.2 Å². The molecule has 1 aliphatic heterocycles. The molecule has 9 heteroatoms. The van der Waals surface area contributed by atoms with Crippen molar-refractivity contribution in [2.45, 2.75) is 39.7 Å². The number of aromatic amines is 1. The van der Waals surface area contributed by atoms with Crippen molar-refractivity contribution in [3.05, 3.63) is 58.2 Å². The van der Waals surface area contributed by atoms with E-state index < -0.39 is 35.6 Å². The van der Waals surface area contributed by atoms with Crippen molar-refractivity contribution in [2.24, 2.45) is 5.92 Å². The van der Waals surface area contributed by atoms with E-state index >= 15 is 0 Å². The van der Waals surface area contributed by atoms with Gasteiger partial charge in [0, 0.05) is 24.3 Å². The number of amides is 1. The van der Waals surface area contributed by atoms with E-state index in [1.165, 1.54) is 38.3 Å².